The molecular formula is C70H68N4O. The molecule has 2 aromatic heterocycles. The van der Waals surface area contributed by atoms with Crippen molar-refractivity contribution in [1.29, 1.82) is 0 Å². The molecule has 75 heavy (non-hydrogen) atoms. The van der Waals surface area contributed by atoms with Crippen LogP contribution in [0.1, 0.15) is 115 Å². The van der Waals surface area contributed by atoms with Crippen LogP contribution in [0.2, 0.25) is 0 Å². The van der Waals surface area contributed by atoms with E-state index in [1.165, 1.54) is 16.7 Å². The molecule has 1 aliphatic heterocycles. The monoisotopic (exact) mass is 989 g/mol. The van der Waals surface area contributed by atoms with Crippen LogP contribution in [0.3, 0.4) is 0 Å². The number of para-hydroxylation sites is 4. The van der Waals surface area contributed by atoms with Crippen LogP contribution in [0.15, 0.2) is 194 Å². The predicted octanol–water partition coefficient (Wildman–Crippen LogP) is 19.2. The summed E-state index contributed by atoms with van der Waals surface area (Å²) in [6.07, 6.45) is 3.96. The van der Waals surface area contributed by atoms with Crippen LogP contribution >= 0.6 is 0 Å². The van der Waals surface area contributed by atoms with Gasteiger partial charge in [0.1, 0.15) is 24.0 Å². The summed E-state index contributed by atoms with van der Waals surface area (Å²) in [7, 11) is 0. The normalized spacial score (nSPS) is 16.6. The van der Waals surface area contributed by atoms with E-state index in [1.807, 2.05) is 75.5 Å². The van der Waals surface area contributed by atoms with E-state index in [1.54, 1.807) is 0 Å². The van der Waals surface area contributed by atoms with Gasteiger partial charge in [0.05, 0.1) is 39.1 Å². The Morgan fingerprint density at radius 2 is 1.17 bits per heavy atom. The van der Waals surface area contributed by atoms with Crippen molar-refractivity contribution in [3.63, 3.8) is 0 Å². The molecule has 0 saturated heterocycles. The Labute approximate surface area is 455 Å². The predicted molar refractivity (Wildman–Crippen MR) is 316 cm³/mol. The molecular weight excluding hydrogens is 913 g/mol. The third-order valence-corrected chi connectivity index (χ3v) is 15.6. The number of anilines is 4. The molecule has 10 aromatic rings. The van der Waals surface area contributed by atoms with Crippen molar-refractivity contribution >= 4 is 44.6 Å². The van der Waals surface area contributed by atoms with E-state index < -0.39 is 35.6 Å². The maximum Gasteiger partial charge on any atom is 0.137 e. The summed E-state index contributed by atoms with van der Waals surface area (Å²) >= 11 is 0. The molecule has 0 saturated carbocycles. The van der Waals surface area contributed by atoms with Gasteiger partial charge < -0.3 is 14.5 Å². The van der Waals surface area contributed by atoms with Crippen LogP contribution < -0.4 is 14.5 Å². The number of aromatic nitrogens is 2. The van der Waals surface area contributed by atoms with Gasteiger partial charge in [-0.05, 0) is 140 Å². The lowest BCUT2D eigenvalue weighted by atomic mass is 9.63. The number of nitrogens with zero attached hydrogens (tertiary/aromatic N) is 4. The summed E-state index contributed by atoms with van der Waals surface area (Å²) in [5.41, 5.74) is 10.6. The van der Waals surface area contributed by atoms with E-state index in [2.05, 4.69) is 154 Å². The average Bonchev–Trinajstić information content (AvgIpc) is 2.45. The van der Waals surface area contributed by atoms with Gasteiger partial charge in [0.25, 0.3) is 0 Å². The molecule has 0 spiro atoms. The van der Waals surface area contributed by atoms with E-state index in [0.29, 0.717) is 29.3 Å². The molecule has 0 amide bonds. The van der Waals surface area contributed by atoms with E-state index in [0.717, 1.165) is 74.3 Å². The topological polar surface area (TPSA) is 33.5 Å². The Morgan fingerprint density at radius 3 is 1.93 bits per heavy atom. The number of ether oxygens (including phenoxy) is 1. The molecule has 0 fully saturated rings. The van der Waals surface area contributed by atoms with Crippen molar-refractivity contribution in [2.24, 2.45) is 0 Å². The highest BCUT2D eigenvalue weighted by molar-refractivity contribution is 6.09. The average molecular weight is 989 g/mol. The van der Waals surface area contributed by atoms with Crippen LogP contribution in [-0.4, -0.2) is 16.2 Å². The largest absolute Gasteiger partial charge is 0.457 e. The minimum Gasteiger partial charge on any atom is -0.457 e. The van der Waals surface area contributed by atoms with Crippen molar-refractivity contribution < 1.29 is 15.7 Å². The summed E-state index contributed by atoms with van der Waals surface area (Å²) in [4.78, 5) is 9.38. The summed E-state index contributed by atoms with van der Waals surface area (Å²) in [6, 6.07) is 44.7. The Balaban J connectivity index is 1.03. The van der Waals surface area contributed by atoms with Crippen molar-refractivity contribution in [2.75, 3.05) is 16.5 Å². The molecule has 0 unspecified atom stereocenters. The fourth-order valence-corrected chi connectivity index (χ4v) is 11.2. The molecule has 12 rings (SSSR count). The molecule has 2 aliphatic rings. The van der Waals surface area contributed by atoms with Crippen molar-refractivity contribution in [3.05, 3.63) is 216 Å². The molecule has 8 aromatic carbocycles. The minimum absolute atomic E-state index is 0.0298. The Kier molecular flexibility index (Phi) is 9.44. The van der Waals surface area contributed by atoms with Gasteiger partial charge >= 0.3 is 0 Å². The fourth-order valence-electron chi connectivity index (χ4n) is 11.2. The second-order valence-electron chi connectivity index (χ2n) is 23.7. The van der Waals surface area contributed by atoms with Crippen LogP contribution in [0.25, 0.3) is 61.0 Å². The molecule has 0 bridgehead atoms. The number of rotatable bonds is 8. The second kappa shape index (κ2) is 17.9. The van der Waals surface area contributed by atoms with Crippen molar-refractivity contribution in [1.82, 2.24) is 9.55 Å². The first-order chi connectivity index (χ1) is 39.3. The first-order valence-electron chi connectivity index (χ1n) is 30.2. The zero-order chi connectivity index (χ0) is 59.0. The third-order valence-electron chi connectivity index (χ3n) is 15.6. The summed E-state index contributed by atoms with van der Waals surface area (Å²) in [5, 5.41) is 2.21. The highest BCUT2D eigenvalue weighted by Gasteiger charge is 2.38. The van der Waals surface area contributed by atoms with E-state index in [9.17, 15) is 4.11 Å². The Hall–Kier alpha value is -7.89. The molecule has 5 nitrogen and oxygen atoms in total. The highest BCUT2D eigenvalue weighted by Crippen LogP contribution is 2.53. The SMILES string of the molecule is [2H]c1c([2H])c([2H])c(-c2c([2H])c(-c3cccc(-c4ccc5c(c4)C(C)(C)CCC5(C)C)c3N3CN(c4cccc(Oc5ccc6c7ccccc7n(-c7cc(C(C)(C)C)ccn7)c6c5)c4)c4ccccc43)c([2H])c(C(C)(C)C)c2[2H])c([2H])c1[2H]. The highest BCUT2D eigenvalue weighted by atomic mass is 16.5. The number of pyridine rings is 1. The Bertz CT molecular complexity index is 4290. The summed E-state index contributed by atoms with van der Waals surface area (Å²) in [6.45, 7) is 21.9. The summed E-state index contributed by atoms with van der Waals surface area (Å²) in [5.74, 6) is 2.13. The second-order valence-corrected chi connectivity index (χ2v) is 23.7. The zero-order valence-corrected chi connectivity index (χ0v) is 44.7. The van der Waals surface area contributed by atoms with Gasteiger partial charge in [0, 0.05) is 45.9 Å². The van der Waals surface area contributed by atoms with E-state index in [-0.39, 0.29) is 51.1 Å². The molecule has 5 heteroatoms. The first-order valence-corrected chi connectivity index (χ1v) is 26.2. The standard InChI is InChI=1S/C70H68N4O/c1-67(2,3)50-34-37-71-65(42-50)74-61-27-15-14-24-57(61)58-32-31-54(44-64(58)74)75-53-23-18-22-52(43-53)72-45-73(63-29-17-16-28-62(63)72)66-55(47-30-33-59-60(41-47)70(9,10)36-35-69(59,7)8)25-19-26-56(66)49-38-48(46-20-12-11-13-21-46)39-51(40-49)68(4,5)6/h11-34,37-44H,35-36,45H2,1-10H3/i11D,12D,13D,20D,21D,38D,39D,40D. The van der Waals surface area contributed by atoms with Gasteiger partial charge in [0.2, 0.25) is 0 Å². The van der Waals surface area contributed by atoms with Crippen LogP contribution in [0, 0.1) is 0 Å². The first kappa shape index (κ1) is 39.6. The molecule has 3 heterocycles. The zero-order valence-electron chi connectivity index (χ0n) is 52.7. The van der Waals surface area contributed by atoms with Gasteiger partial charge in [-0.3, -0.25) is 4.57 Å². The maximum atomic E-state index is 10.2. The Morgan fingerprint density at radius 1 is 0.520 bits per heavy atom. The van der Waals surface area contributed by atoms with Crippen molar-refractivity contribution in [3.8, 4) is 50.7 Å². The number of benzene rings is 8. The molecule has 1 aliphatic carbocycles. The fraction of sp³-hybridized carbons (Fsp3) is 0.243. The molecule has 0 N–H and O–H groups in total. The van der Waals surface area contributed by atoms with Gasteiger partial charge in [-0.15, -0.1) is 0 Å². The molecule has 374 valence electrons. The lowest BCUT2D eigenvalue weighted by molar-refractivity contribution is 0.332. The lowest BCUT2D eigenvalue weighted by Gasteiger charge is -2.42. The van der Waals surface area contributed by atoms with Gasteiger partial charge in [0.15, 0.2) is 0 Å². The molecule has 0 atom stereocenters. The minimum atomic E-state index is -0.836. The van der Waals surface area contributed by atoms with Gasteiger partial charge in [-0.2, -0.15) is 0 Å². The van der Waals surface area contributed by atoms with E-state index >= 15 is 0 Å². The third kappa shape index (κ3) is 8.66. The van der Waals surface area contributed by atoms with Crippen LogP contribution in [0.5, 0.6) is 11.5 Å². The van der Waals surface area contributed by atoms with Crippen LogP contribution in [0.4, 0.5) is 22.7 Å². The number of hydrogen-bond acceptors (Lipinski definition) is 4. The van der Waals surface area contributed by atoms with Gasteiger partial charge in [-0.1, -0.05) is 184 Å². The maximum absolute atomic E-state index is 10.2. The molecule has 0 radical (unpaired) electrons. The number of fused-ring (bicyclic) bond motifs is 5. The number of hydrogen-bond donors (Lipinski definition) is 0. The van der Waals surface area contributed by atoms with Gasteiger partial charge in [-0.25, -0.2) is 4.98 Å². The lowest BCUT2D eigenvalue weighted by Crippen LogP contribution is -2.33. The van der Waals surface area contributed by atoms with Crippen LogP contribution in [-0.2, 0) is 21.7 Å². The van der Waals surface area contributed by atoms with Crippen molar-refractivity contribution in [2.45, 2.75) is 104 Å². The smallest absolute Gasteiger partial charge is 0.137 e. The summed E-state index contributed by atoms with van der Waals surface area (Å²) < 4.78 is 83.4. The quantitative estimate of drug-likeness (QED) is 0.152. The van der Waals surface area contributed by atoms with E-state index in [4.69, 9.17) is 16.6 Å².